The van der Waals surface area contributed by atoms with Crippen LogP contribution in [-0.2, 0) is 65.4 Å². The lowest BCUT2D eigenvalue weighted by molar-refractivity contribution is -0.161. The molecule has 0 spiro atoms. The van der Waals surface area contributed by atoms with Gasteiger partial charge in [-0.2, -0.15) is 0 Å². The summed E-state index contributed by atoms with van der Waals surface area (Å²) in [6, 6.07) is 0. The first-order valence-electron chi connectivity index (χ1n) is 35.9. The van der Waals surface area contributed by atoms with Gasteiger partial charge in [0.1, 0.15) is 19.3 Å². The molecular formula is C69H134O17P2. The Labute approximate surface area is 537 Å². The molecule has 0 aromatic rings. The predicted molar refractivity (Wildman–Crippen MR) is 354 cm³/mol. The van der Waals surface area contributed by atoms with Crippen LogP contribution in [0.15, 0.2) is 0 Å². The first-order chi connectivity index (χ1) is 42.3. The second-order valence-electron chi connectivity index (χ2n) is 25.9. The van der Waals surface area contributed by atoms with Gasteiger partial charge in [0.15, 0.2) is 12.2 Å². The summed E-state index contributed by atoms with van der Waals surface area (Å²) in [5.74, 6) is 0.219. The van der Waals surface area contributed by atoms with E-state index < -0.39 is 97.5 Å². The van der Waals surface area contributed by atoms with Gasteiger partial charge in [-0.15, -0.1) is 0 Å². The normalized spacial score (nSPS) is 14.9. The van der Waals surface area contributed by atoms with E-state index in [1.54, 1.807) is 0 Å². The summed E-state index contributed by atoms with van der Waals surface area (Å²) in [5.41, 5.74) is 0. The molecule has 7 atom stereocenters. The number of carbonyl (C=O) groups is 4. The van der Waals surface area contributed by atoms with Crippen molar-refractivity contribution in [2.75, 3.05) is 39.6 Å². The molecule has 3 N–H and O–H groups in total. The fourth-order valence-corrected chi connectivity index (χ4v) is 11.9. The second kappa shape index (κ2) is 60.0. The number of aliphatic hydroxyl groups is 1. The second-order valence-corrected chi connectivity index (χ2v) is 28.8. The molecule has 0 bridgehead atoms. The number of ether oxygens (including phenoxy) is 4. The molecule has 0 radical (unpaired) electrons. The lowest BCUT2D eigenvalue weighted by atomic mass is 9.99. The zero-order valence-corrected chi connectivity index (χ0v) is 59.0. The minimum atomic E-state index is -4.95. The van der Waals surface area contributed by atoms with E-state index in [1.807, 2.05) is 0 Å². The minimum Gasteiger partial charge on any atom is -0.462 e. The zero-order valence-electron chi connectivity index (χ0n) is 57.2. The Morgan fingerprint density at radius 2 is 0.580 bits per heavy atom. The lowest BCUT2D eigenvalue weighted by Crippen LogP contribution is -2.30. The molecule has 0 aliphatic heterocycles. The largest absolute Gasteiger partial charge is 0.472 e. The lowest BCUT2D eigenvalue weighted by Gasteiger charge is -2.21. The highest BCUT2D eigenvalue weighted by atomic mass is 31.2. The van der Waals surface area contributed by atoms with Crippen LogP contribution in [-0.4, -0.2) is 96.7 Å². The molecule has 0 heterocycles. The molecule has 0 saturated carbocycles. The predicted octanol–water partition coefficient (Wildman–Crippen LogP) is 19.5. The number of hydrogen-bond donors (Lipinski definition) is 3. The number of phosphoric acid groups is 2. The molecule has 88 heavy (non-hydrogen) atoms. The molecule has 0 amide bonds. The van der Waals surface area contributed by atoms with Gasteiger partial charge in [-0.05, 0) is 43.4 Å². The Morgan fingerprint density at radius 1 is 0.330 bits per heavy atom. The van der Waals surface area contributed by atoms with Gasteiger partial charge < -0.3 is 33.8 Å². The standard InChI is InChI=1S/C69H134O17P2/c1-8-11-12-13-14-29-36-43-50-66(71)79-56-64(86-69(74)53-46-39-32-25-19-20-26-33-40-47-60(4)5)58-83-87(75,76)81-54-63(70)55-82-88(77,78)84-59-65(85-68(73)52-45-38-31-24-18-16-22-28-35-42-49-62(7)10-3)57-80-67(72)51-44-37-30-23-17-15-21-27-34-41-48-61(6)9-2/h60-65,70H,8-59H2,1-7H3,(H,75,76)(H,77,78)/t61?,62?,63-,64+,65+/m0/s1. The first-order valence-corrected chi connectivity index (χ1v) is 38.9. The van der Waals surface area contributed by atoms with Gasteiger partial charge in [-0.3, -0.25) is 37.3 Å². The van der Waals surface area contributed by atoms with Gasteiger partial charge in [0.2, 0.25) is 0 Å². The molecule has 19 heteroatoms. The molecule has 0 fully saturated rings. The van der Waals surface area contributed by atoms with E-state index in [0.717, 1.165) is 114 Å². The molecular weight excluding hydrogens is 1160 g/mol. The highest BCUT2D eigenvalue weighted by Gasteiger charge is 2.30. The third-order valence-corrected chi connectivity index (χ3v) is 18.5. The van der Waals surface area contributed by atoms with Gasteiger partial charge in [-0.1, -0.05) is 292 Å². The first kappa shape index (κ1) is 86.1. The third kappa shape index (κ3) is 60.3. The van der Waals surface area contributed by atoms with Gasteiger partial charge in [-0.25, -0.2) is 9.13 Å². The van der Waals surface area contributed by atoms with Crippen LogP contribution in [0.25, 0.3) is 0 Å². The number of carbonyl (C=O) groups excluding carboxylic acids is 4. The maximum absolute atomic E-state index is 13.0. The van der Waals surface area contributed by atoms with Crippen LogP contribution in [0.2, 0.25) is 0 Å². The Balaban J connectivity index is 5.25. The highest BCUT2D eigenvalue weighted by Crippen LogP contribution is 2.45. The summed E-state index contributed by atoms with van der Waals surface area (Å²) in [6.07, 6.45) is 42.9. The number of rotatable bonds is 67. The SMILES string of the molecule is CCCCCCCCCCC(=O)OC[C@H](COP(=O)(O)OC[C@H](O)COP(=O)(O)OC[C@@H](COC(=O)CCCCCCCCCCCCC(C)CC)OC(=O)CCCCCCCCCCCCC(C)CC)OC(=O)CCCCCCCCCCCC(C)C. The highest BCUT2D eigenvalue weighted by molar-refractivity contribution is 7.47. The van der Waals surface area contributed by atoms with E-state index in [-0.39, 0.29) is 25.7 Å². The minimum absolute atomic E-state index is 0.105. The van der Waals surface area contributed by atoms with Crippen molar-refractivity contribution in [2.24, 2.45) is 17.8 Å². The topological polar surface area (TPSA) is 237 Å². The summed E-state index contributed by atoms with van der Waals surface area (Å²) in [6.45, 7) is 11.8. The van der Waals surface area contributed by atoms with Gasteiger partial charge in [0.05, 0.1) is 26.4 Å². The quantitative estimate of drug-likeness (QED) is 0.0222. The Hall–Kier alpha value is -1.94. The zero-order chi connectivity index (χ0) is 65.2. The molecule has 0 rings (SSSR count). The van der Waals surface area contributed by atoms with E-state index in [0.29, 0.717) is 25.7 Å². The molecule has 522 valence electrons. The van der Waals surface area contributed by atoms with Crippen LogP contribution in [0.4, 0.5) is 0 Å². The van der Waals surface area contributed by atoms with E-state index in [4.69, 9.17) is 37.0 Å². The average molecular weight is 1300 g/mol. The third-order valence-electron chi connectivity index (χ3n) is 16.6. The van der Waals surface area contributed by atoms with Crippen molar-refractivity contribution in [3.05, 3.63) is 0 Å². The van der Waals surface area contributed by atoms with Crippen molar-refractivity contribution in [1.82, 2.24) is 0 Å². The van der Waals surface area contributed by atoms with Crippen molar-refractivity contribution >= 4 is 39.5 Å². The summed E-state index contributed by atoms with van der Waals surface area (Å²) in [5, 5.41) is 10.6. The van der Waals surface area contributed by atoms with E-state index in [2.05, 4.69) is 48.5 Å². The van der Waals surface area contributed by atoms with Crippen molar-refractivity contribution < 1.29 is 80.2 Å². The number of phosphoric ester groups is 2. The maximum atomic E-state index is 13.0. The van der Waals surface area contributed by atoms with Gasteiger partial charge >= 0.3 is 39.5 Å². The van der Waals surface area contributed by atoms with Crippen molar-refractivity contribution in [2.45, 2.75) is 362 Å². The molecule has 0 saturated heterocycles. The summed E-state index contributed by atoms with van der Waals surface area (Å²) < 4.78 is 68.2. The molecule has 17 nitrogen and oxygen atoms in total. The van der Waals surface area contributed by atoms with Crippen LogP contribution in [0.5, 0.6) is 0 Å². The molecule has 0 aliphatic carbocycles. The van der Waals surface area contributed by atoms with Crippen molar-refractivity contribution in [3.63, 3.8) is 0 Å². The fraction of sp³-hybridized carbons (Fsp3) is 0.942. The van der Waals surface area contributed by atoms with E-state index in [1.165, 1.54) is 148 Å². The van der Waals surface area contributed by atoms with Crippen LogP contribution in [0.1, 0.15) is 344 Å². The van der Waals surface area contributed by atoms with Crippen LogP contribution < -0.4 is 0 Å². The molecule has 4 unspecified atom stereocenters. The molecule has 0 aromatic carbocycles. The Bertz CT molecular complexity index is 1740. The smallest absolute Gasteiger partial charge is 0.462 e. The van der Waals surface area contributed by atoms with E-state index in [9.17, 15) is 43.2 Å². The molecule has 0 aromatic heterocycles. The maximum Gasteiger partial charge on any atom is 0.472 e. The number of hydrogen-bond acceptors (Lipinski definition) is 15. The van der Waals surface area contributed by atoms with Crippen LogP contribution in [0, 0.1) is 17.8 Å². The number of aliphatic hydroxyl groups excluding tert-OH is 1. The van der Waals surface area contributed by atoms with Gasteiger partial charge in [0.25, 0.3) is 0 Å². The summed E-state index contributed by atoms with van der Waals surface area (Å²) in [4.78, 5) is 72.4. The Morgan fingerprint density at radius 3 is 0.864 bits per heavy atom. The number of esters is 4. The van der Waals surface area contributed by atoms with Crippen molar-refractivity contribution in [3.8, 4) is 0 Å². The fourth-order valence-electron chi connectivity index (χ4n) is 10.3. The molecule has 0 aliphatic rings. The summed E-state index contributed by atoms with van der Waals surface area (Å²) >= 11 is 0. The van der Waals surface area contributed by atoms with Gasteiger partial charge in [0, 0.05) is 25.7 Å². The summed E-state index contributed by atoms with van der Waals surface area (Å²) in [7, 11) is -9.90. The Kier molecular flexibility index (Phi) is 58.7. The van der Waals surface area contributed by atoms with Crippen LogP contribution >= 0.6 is 15.6 Å². The van der Waals surface area contributed by atoms with E-state index >= 15 is 0 Å². The van der Waals surface area contributed by atoms with Crippen LogP contribution in [0.3, 0.4) is 0 Å². The average Bonchev–Trinajstić information content (AvgIpc) is 3.69. The number of unbranched alkanes of at least 4 members (excludes halogenated alkanes) is 33. The monoisotopic (exact) mass is 1300 g/mol. The van der Waals surface area contributed by atoms with Crippen molar-refractivity contribution in [1.29, 1.82) is 0 Å².